The molecule has 0 amide bonds. The molecule has 1 saturated heterocycles. The van der Waals surface area contributed by atoms with E-state index in [-0.39, 0.29) is 5.56 Å². The number of nitrogens with zero attached hydrogens (tertiary/aromatic N) is 4. The van der Waals surface area contributed by atoms with Gasteiger partial charge in [-0.1, -0.05) is 23.8 Å². The lowest BCUT2D eigenvalue weighted by atomic mass is 10.1. The number of anilines is 1. The van der Waals surface area contributed by atoms with Crippen LogP contribution in [-0.2, 0) is 6.42 Å². The van der Waals surface area contributed by atoms with Crippen molar-refractivity contribution in [2.24, 2.45) is 0 Å². The van der Waals surface area contributed by atoms with Gasteiger partial charge in [0.15, 0.2) is 0 Å². The molecule has 3 heterocycles. The maximum absolute atomic E-state index is 12.9. The molecule has 1 aliphatic rings. The van der Waals surface area contributed by atoms with Crippen LogP contribution in [-0.4, -0.2) is 47.0 Å². The Hall–Kier alpha value is -2.66. The first kappa shape index (κ1) is 18.7. The summed E-state index contributed by atoms with van der Waals surface area (Å²) in [7, 11) is 0. The lowest BCUT2D eigenvalue weighted by Gasteiger charge is -2.36. The largest absolute Gasteiger partial charge is 0.369 e. The molecule has 1 fully saturated rings. The molecule has 2 aromatic heterocycles. The number of aryl methyl sites for hydroxylation is 3. The number of piperazine rings is 1. The zero-order valence-electron chi connectivity index (χ0n) is 17.0. The zero-order chi connectivity index (χ0) is 19.7. The van der Waals surface area contributed by atoms with Crippen molar-refractivity contribution < 1.29 is 0 Å². The molecule has 1 aromatic carbocycles. The van der Waals surface area contributed by atoms with E-state index in [1.54, 1.807) is 4.40 Å². The van der Waals surface area contributed by atoms with Crippen LogP contribution < -0.4 is 10.5 Å². The summed E-state index contributed by atoms with van der Waals surface area (Å²) in [5, 5.41) is 0. The van der Waals surface area contributed by atoms with Crippen LogP contribution in [0.1, 0.15) is 22.4 Å². The first-order chi connectivity index (χ1) is 13.5. The summed E-state index contributed by atoms with van der Waals surface area (Å²) in [6, 6.07) is 12.7. The van der Waals surface area contributed by atoms with Crippen molar-refractivity contribution in [1.29, 1.82) is 0 Å². The van der Waals surface area contributed by atoms with Gasteiger partial charge in [-0.25, -0.2) is 4.98 Å². The van der Waals surface area contributed by atoms with Gasteiger partial charge in [0.25, 0.3) is 5.56 Å². The number of pyridine rings is 1. The number of hydrogen-bond donors (Lipinski definition) is 0. The van der Waals surface area contributed by atoms with Crippen molar-refractivity contribution >= 4 is 11.3 Å². The number of benzene rings is 1. The molecule has 0 bridgehead atoms. The van der Waals surface area contributed by atoms with E-state index in [1.165, 1.54) is 11.3 Å². The van der Waals surface area contributed by atoms with Gasteiger partial charge in [0.2, 0.25) is 0 Å². The molecule has 0 unspecified atom stereocenters. The average molecular weight is 377 g/mol. The highest BCUT2D eigenvalue weighted by atomic mass is 16.1. The summed E-state index contributed by atoms with van der Waals surface area (Å²) < 4.78 is 1.69. The Morgan fingerprint density at radius 1 is 0.893 bits per heavy atom. The molecule has 0 radical (unpaired) electrons. The van der Waals surface area contributed by atoms with Gasteiger partial charge >= 0.3 is 0 Å². The molecule has 1 aliphatic heterocycles. The van der Waals surface area contributed by atoms with E-state index in [2.05, 4.69) is 46.0 Å². The van der Waals surface area contributed by atoms with Crippen LogP contribution in [0.15, 0.2) is 47.4 Å². The maximum Gasteiger partial charge on any atom is 0.261 e. The molecule has 5 heteroatoms. The predicted octanol–water partition coefficient (Wildman–Crippen LogP) is 2.98. The summed E-state index contributed by atoms with van der Waals surface area (Å²) in [4.78, 5) is 22.5. The minimum absolute atomic E-state index is 0.0736. The number of aromatic nitrogens is 2. The maximum atomic E-state index is 12.9. The van der Waals surface area contributed by atoms with E-state index in [0.29, 0.717) is 0 Å². The van der Waals surface area contributed by atoms with E-state index < -0.39 is 0 Å². The summed E-state index contributed by atoms with van der Waals surface area (Å²) in [5.74, 6) is 0. The molecule has 0 atom stereocenters. The van der Waals surface area contributed by atoms with Gasteiger partial charge in [-0.15, -0.1) is 0 Å². The van der Waals surface area contributed by atoms with Crippen LogP contribution in [0.4, 0.5) is 5.69 Å². The van der Waals surface area contributed by atoms with E-state index in [9.17, 15) is 4.79 Å². The minimum atomic E-state index is 0.0736. The second-order valence-corrected chi connectivity index (χ2v) is 7.83. The lowest BCUT2D eigenvalue weighted by molar-refractivity contribution is 0.260. The van der Waals surface area contributed by atoms with Crippen molar-refractivity contribution in [3.05, 3.63) is 75.3 Å². The van der Waals surface area contributed by atoms with Crippen LogP contribution in [0.3, 0.4) is 0 Å². The number of rotatable bonds is 4. The Kier molecular flexibility index (Phi) is 5.18. The van der Waals surface area contributed by atoms with Gasteiger partial charge in [-0.3, -0.25) is 14.1 Å². The Bertz CT molecular complexity index is 1030. The third-order valence-corrected chi connectivity index (χ3v) is 5.72. The van der Waals surface area contributed by atoms with Crippen molar-refractivity contribution in [2.45, 2.75) is 27.2 Å². The van der Waals surface area contributed by atoms with E-state index in [1.807, 2.05) is 32.2 Å². The van der Waals surface area contributed by atoms with Crippen LogP contribution in [0.5, 0.6) is 0 Å². The van der Waals surface area contributed by atoms with Crippen molar-refractivity contribution in [2.75, 3.05) is 37.6 Å². The smallest absolute Gasteiger partial charge is 0.261 e. The highest BCUT2D eigenvalue weighted by Crippen LogP contribution is 2.17. The Morgan fingerprint density at radius 2 is 1.57 bits per heavy atom. The molecule has 0 N–H and O–H groups in total. The quantitative estimate of drug-likeness (QED) is 0.702. The summed E-state index contributed by atoms with van der Waals surface area (Å²) in [6.45, 7) is 11.1. The Morgan fingerprint density at radius 3 is 2.29 bits per heavy atom. The zero-order valence-corrected chi connectivity index (χ0v) is 17.0. The third-order valence-electron chi connectivity index (χ3n) is 5.72. The van der Waals surface area contributed by atoms with E-state index in [0.717, 1.165) is 61.6 Å². The number of hydrogen-bond acceptors (Lipinski definition) is 4. The second kappa shape index (κ2) is 7.76. The minimum Gasteiger partial charge on any atom is -0.369 e. The fourth-order valence-corrected chi connectivity index (χ4v) is 3.94. The fourth-order valence-electron chi connectivity index (χ4n) is 3.94. The first-order valence-corrected chi connectivity index (χ1v) is 10.0. The first-order valence-electron chi connectivity index (χ1n) is 10.0. The highest BCUT2D eigenvalue weighted by molar-refractivity contribution is 5.48. The van der Waals surface area contributed by atoms with Gasteiger partial charge in [0.1, 0.15) is 5.65 Å². The monoisotopic (exact) mass is 376 g/mol. The van der Waals surface area contributed by atoms with Crippen LogP contribution in [0.25, 0.3) is 5.65 Å². The SMILES string of the molecule is Cc1ccc(N2CCN(CCc3c(C)nc4ccc(C)cn4c3=O)CC2)cc1. The lowest BCUT2D eigenvalue weighted by Crippen LogP contribution is -2.47. The molecule has 3 aromatic rings. The summed E-state index contributed by atoms with van der Waals surface area (Å²) in [5.41, 5.74) is 6.15. The van der Waals surface area contributed by atoms with E-state index in [4.69, 9.17) is 0 Å². The Balaban J connectivity index is 1.41. The molecule has 0 aliphatic carbocycles. The second-order valence-electron chi connectivity index (χ2n) is 7.83. The average Bonchev–Trinajstić information content (AvgIpc) is 2.70. The molecular formula is C23H28N4O. The standard InChI is InChI=1S/C23H28N4O/c1-17-4-7-20(8-5-17)26-14-12-25(13-15-26)11-10-21-19(3)24-22-9-6-18(2)16-27(22)23(21)28/h4-9,16H,10-15H2,1-3H3. The van der Waals surface area contributed by atoms with Crippen LogP contribution in [0, 0.1) is 20.8 Å². The van der Waals surface area contributed by atoms with E-state index >= 15 is 0 Å². The predicted molar refractivity (Wildman–Crippen MR) is 114 cm³/mol. The molecular weight excluding hydrogens is 348 g/mol. The summed E-state index contributed by atoms with van der Waals surface area (Å²) in [6.07, 6.45) is 2.63. The molecule has 5 nitrogen and oxygen atoms in total. The van der Waals surface area contributed by atoms with Gasteiger partial charge in [-0.05, 0) is 51.0 Å². The normalized spacial score (nSPS) is 15.3. The Labute approximate surface area is 166 Å². The van der Waals surface area contributed by atoms with Crippen molar-refractivity contribution in [3.63, 3.8) is 0 Å². The van der Waals surface area contributed by atoms with Crippen LogP contribution in [0.2, 0.25) is 0 Å². The van der Waals surface area contributed by atoms with Crippen molar-refractivity contribution in [1.82, 2.24) is 14.3 Å². The summed E-state index contributed by atoms with van der Waals surface area (Å²) >= 11 is 0. The molecule has 146 valence electrons. The van der Waals surface area contributed by atoms with Gasteiger partial charge in [-0.2, -0.15) is 0 Å². The van der Waals surface area contributed by atoms with Gasteiger partial charge in [0, 0.05) is 55.9 Å². The number of fused-ring (bicyclic) bond motifs is 1. The molecule has 0 spiro atoms. The molecule has 28 heavy (non-hydrogen) atoms. The third kappa shape index (κ3) is 3.80. The topological polar surface area (TPSA) is 40.9 Å². The van der Waals surface area contributed by atoms with Crippen LogP contribution >= 0.6 is 0 Å². The van der Waals surface area contributed by atoms with Gasteiger partial charge in [0.05, 0.1) is 0 Å². The van der Waals surface area contributed by atoms with Gasteiger partial charge < -0.3 is 4.90 Å². The molecule has 0 saturated carbocycles. The van der Waals surface area contributed by atoms with Crippen molar-refractivity contribution in [3.8, 4) is 0 Å². The molecule has 4 rings (SSSR count). The fraction of sp³-hybridized carbons (Fsp3) is 0.391. The highest BCUT2D eigenvalue weighted by Gasteiger charge is 2.18.